The zero-order valence-electron chi connectivity index (χ0n) is 11.6. The minimum absolute atomic E-state index is 0.0437. The highest BCUT2D eigenvalue weighted by Crippen LogP contribution is 2.30. The van der Waals surface area contributed by atoms with Crippen molar-refractivity contribution in [3.8, 4) is 0 Å². The van der Waals surface area contributed by atoms with Crippen molar-refractivity contribution in [3.05, 3.63) is 34.6 Å². The third-order valence-corrected chi connectivity index (χ3v) is 3.72. The summed E-state index contributed by atoms with van der Waals surface area (Å²) in [6, 6.07) is 4.99. The van der Waals surface area contributed by atoms with Crippen LogP contribution in [0.15, 0.2) is 18.2 Å². The van der Waals surface area contributed by atoms with E-state index in [9.17, 15) is 4.39 Å². The first-order valence-corrected chi connectivity index (χ1v) is 7.03. The summed E-state index contributed by atoms with van der Waals surface area (Å²) in [5.41, 5.74) is 0.717. The molecule has 1 aromatic carbocycles. The van der Waals surface area contributed by atoms with Gasteiger partial charge in [-0.1, -0.05) is 45.4 Å². The summed E-state index contributed by atoms with van der Waals surface area (Å²) >= 11 is 5.81. The van der Waals surface area contributed by atoms with E-state index in [1.165, 1.54) is 6.07 Å². The highest BCUT2D eigenvalue weighted by molar-refractivity contribution is 6.30. The minimum atomic E-state index is -0.219. The number of hydrogen-bond acceptors (Lipinski definition) is 1. The zero-order valence-corrected chi connectivity index (χ0v) is 12.4. The van der Waals surface area contributed by atoms with E-state index in [1.807, 2.05) is 0 Å². The van der Waals surface area contributed by atoms with Crippen molar-refractivity contribution >= 4 is 11.6 Å². The maximum Gasteiger partial charge on any atom is 0.129 e. The Labute approximate surface area is 115 Å². The van der Waals surface area contributed by atoms with Gasteiger partial charge in [0.1, 0.15) is 5.82 Å². The van der Waals surface area contributed by atoms with E-state index in [0.29, 0.717) is 22.4 Å². The maximum atomic E-state index is 14.0. The van der Waals surface area contributed by atoms with E-state index >= 15 is 0 Å². The molecule has 0 aliphatic rings. The SMILES string of the molecule is CCCNC(c1ccc(Cl)cc1F)C(C)C(C)C. The molecule has 0 saturated carbocycles. The predicted molar refractivity (Wildman–Crippen MR) is 76.4 cm³/mol. The molecule has 1 N–H and O–H groups in total. The van der Waals surface area contributed by atoms with Crippen LogP contribution >= 0.6 is 11.6 Å². The first kappa shape index (κ1) is 15.5. The Balaban J connectivity index is 3.00. The van der Waals surface area contributed by atoms with E-state index in [0.717, 1.165) is 13.0 Å². The third kappa shape index (κ3) is 3.96. The van der Waals surface area contributed by atoms with E-state index in [1.54, 1.807) is 12.1 Å². The lowest BCUT2D eigenvalue weighted by Gasteiger charge is -2.29. The molecule has 0 radical (unpaired) electrons. The van der Waals surface area contributed by atoms with Crippen molar-refractivity contribution in [2.75, 3.05) is 6.54 Å². The van der Waals surface area contributed by atoms with Crippen molar-refractivity contribution in [1.29, 1.82) is 0 Å². The molecule has 1 aromatic rings. The molecular formula is C15H23ClFN. The molecule has 0 spiro atoms. The van der Waals surface area contributed by atoms with Crippen LogP contribution in [0.4, 0.5) is 4.39 Å². The lowest BCUT2D eigenvalue weighted by Crippen LogP contribution is -2.30. The Kier molecular flexibility index (Phi) is 6.10. The number of halogens is 2. The standard InChI is InChI=1S/C15H23ClFN/c1-5-8-18-15(11(4)10(2)3)13-7-6-12(16)9-14(13)17/h6-7,9-11,15,18H,5,8H2,1-4H3. The van der Waals surface area contributed by atoms with E-state index < -0.39 is 0 Å². The first-order valence-electron chi connectivity index (χ1n) is 6.65. The Morgan fingerprint density at radius 3 is 2.44 bits per heavy atom. The summed E-state index contributed by atoms with van der Waals surface area (Å²) in [5, 5.41) is 3.89. The second-order valence-corrected chi connectivity index (χ2v) is 5.64. The molecule has 18 heavy (non-hydrogen) atoms. The second-order valence-electron chi connectivity index (χ2n) is 5.20. The van der Waals surface area contributed by atoms with Crippen LogP contribution in [0.1, 0.15) is 45.7 Å². The highest BCUT2D eigenvalue weighted by atomic mass is 35.5. The van der Waals surface area contributed by atoms with Crippen LogP contribution in [0.25, 0.3) is 0 Å². The fourth-order valence-electron chi connectivity index (χ4n) is 2.02. The zero-order chi connectivity index (χ0) is 13.7. The van der Waals surface area contributed by atoms with Crippen LogP contribution in [0.3, 0.4) is 0 Å². The number of hydrogen-bond donors (Lipinski definition) is 1. The lowest BCUT2D eigenvalue weighted by atomic mass is 9.86. The van der Waals surface area contributed by atoms with Gasteiger partial charge in [0.25, 0.3) is 0 Å². The van der Waals surface area contributed by atoms with Gasteiger partial charge in [-0.15, -0.1) is 0 Å². The van der Waals surface area contributed by atoms with E-state index in [2.05, 4.69) is 33.0 Å². The summed E-state index contributed by atoms with van der Waals surface area (Å²) in [5.74, 6) is 0.644. The van der Waals surface area contributed by atoms with Gasteiger partial charge in [0, 0.05) is 16.6 Å². The van der Waals surface area contributed by atoms with Gasteiger partial charge in [-0.2, -0.15) is 0 Å². The quantitative estimate of drug-likeness (QED) is 0.783. The van der Waals surface area contributed by atoms with Crippen molar-refractivity contribution in [2.45, 2.75) is 40.2 Å². The van der Waals surface area contributed by atoms with Crippen LogP contribution in [0.5, 0.6) is 0 Å². The Morgan fingerprint density at radius 1 is 1.28 bits per heavy atom. The van der Waals surface area contributed by atoms with Crippen molar-refractivity contribution in [1.82, 2.24) is 5.32 Å². The van der Waals surface area contributed by atoms with Crippen LogP contribution in [0.2, 0.25) is 5.02 Å². The topological polar surface area (TPSA) is 12.0 Å². The van der Waals surface area contributed by atoms with Crippen molar-refractivity contribution < 1.29 is 4.39 Å². The smallest absolute Gasteiger partial charge is 0.129 e. The number of benzene rings is 1. The van der Waals surface area contributed by atoms with Gasteiger partial charge < -0.3 is 5.32 Å². The van der Waals surface area contributed by atoms with Gasteiger partial charge >= 0.3 is 0 Å². The minimum Gasteiger partial charge on any atom is -0.310 e. The maximum absolute atomic E-state index is 14.0. The lowest BCUT2D eigenvalue weighted by molar-refractivity contribution is 0.297. The molecule has 2 unspecified atom stereocenters. The van der Waals surface area contributed by atoms with Crippen LogP contribution < -0.4 is 5.32 Å². The van der Waals surface area contributed by atoms with Gasteiger partial charge in [0.05, 0.1) is 0 Å². The molecule has 0 aromatic heterocycles. The van der Waals surface area contributed by atoms with Crippen molar-refractivity contribution in [2.24, 2.45) is 11.8 Å². The van der Waals surface area contributed by atoms with E-state index in [-0.39, 0.29) is 11.9 Å². The third-order valence-electron chi connectivity index (χ3n) is 3.49. The van der Waals surface area contributed by atoms with Gasteiger partial charge in [-0.25, -0.2) is 4.39 Å². The van der Waals surface area contributed by atoms with Crippen LogP contribution in [-0.4, -0.2) is 6.54 Å². The average molecular weight is 272 g/mol. The fourth-order valence-corrected chi connectivity index (χ4v) is 2.18. The number of nitrogens with one attached hydrogen (secondary N) is 1. The summed E-state index contributed by atoms with van der Waals surface area (Å²) in [6.45, 7) is 9.50. The van der Waals surface area contributed by atoms with Gasteiger partial charge in [-0.3, -0.25) is 0 Å². The summed E-state index contributed by atoms with van der Waals surface area (Å²) < 4.78 is 14.0. The molecule has 0 aliphatic heterocycles. The largest absolute Gasteiger partial charge is 0.310 e. The highest BCUT2D eigenvalue weighted by Gasteiger charge is 2.23. The average Bonchev–Trinajstić information content (AvgIpc) is 2.31. The summed E-state index contributed by atoms with van der Waals surface area (Å²) in [6.07, 6.45) is 1.04. The van der Waals surface area contributed by atoms with Gasteiger partial charge in [-0.05, 0) is 36.9 Å². The van der Waals surface area contributed by atoms with Crippen molar-refractivity contribution in [3.63, 3.8) is 0 Å². The predicted octanol–water partition coefficient (Wildman–Crippen LogP) is 4.81. The molecular weight excluding hydrogens is 249 g/mol. The Morgan fingerprint density at radius 2 is 1.94 bits per heavy atom. The molecule has 0 heterocycles. The molecule has 3 heteroatoms. The van der Waals surface area contributed by atoms with Gasteiger partial charge in [0.15, 0.2) is 0 Å². The Bertz CT molecular complexity index is 379. The molecule has 0 bridgehead atoms. The van der Waals surface area contributed by atoms with E-state index in [4.69, 9.17) is 11.6 Å². The molecule has 1 nitrogen and oxygen atoms in total. The van der Waals surface area contributed by atoms with Gasteiger partial charge in [0.2, 0.25) is 0 Å². The normalized spacial score (nSPS) is 14.8. The Hall–Kier alpha value is -0.600. The molecule has 0 saturated heterocycles. The summed E-state index contributed by atoms with van der Waals surface area (Å²) in [7, 11) is 0. The van der Waals surface area contributed by atoms with Crippen LogP contribution in [-0.2, 0) is 0 Å². The number of rotatable bonds is 6. The second kappa shape index (κ2) is 7.10. The molecule has 1 rings (SSSR count). The summed E-state index contributed by atoms with van der Waals surface area (Å²) in [4.78, 5) is 0. The monoisotopic (exact) mass is 271 g/mol. The molecule has 0 amide bonds. The fraction of sp³-hybridized carbons (Fsp3) is 0.600. The molecule has 0 aliphatic carbocycles. The van der Waals surface area contributed by atoms with Crippen LogP contribution in [0, 0.1) is 17.7 Å². The molecule has 0 fully saturated rings. The molecule has 102 valence electrons. The molecule has 2 atom stereocenters. The first-order chi connectivity index (χ1) is 8.47.